The number of carbonyl (C=O) groups excluding carboxylic acids is 1. The molecule has 2 aliphatic carbocycles. The van der Waals surface area contributed by atoms with Crippen LogP contribution < -0.4 is 0 Å². The number of Topliss-reactive ketones (excluding diaryl/α,β-unsaturated/α-hetero) is 1. The van der Waals surface area contributed by atoms with Crippen LogP contribution in [0.2, 0.25) is 0 Å². The first-order valence-corrected chi connectivity index (χ1v) is 7.50. The van der Waals surface area contributed by atoms with Gasteiger partial charge in [0.25, 0.3) is 0 Å². The molecule has 0 amide bonds. The maximum atomic E-state index is 11.9. The summed E-state index contributed by atoms with van der Waals surface area (Å²) in [6, 6.07) is 0. The SMILES string of the molecule is C.C#C[C@@H]1CCC[C@]2(C)CC[C@@H](C(C)=O)C[C@@]12C(=C)C. The van der Waals surface area contributed by atoms with Gasteiger partial charge in [-0.1, -0.05) is 32.9 Å². The van der Waals surface area contributed by atoms with Crippen LogP contribution in [0.4, 0.5) is 0 Å². The summed E-state index contributed by atoms with van der Waals surface area (Å²) in [4.78, 5) is 11.9. The number of rotatable bonds is 2. The molecule has 2 fully saturated rings. The van der Waals surface area contributed by atoms with Gasteiger partial charge in [-0.2, -0.15) is 0 Å². The van der Waals surface area contributed by atoms with Gasteiger partial charge >= 0.3 is 0 Å². The van der Waals surface area contributed by atoms with Crippen molar-refractivity contribution in [2.45, 2.75) is 66.7 Å². The molecule has 0 spiro atoms. The molecular weight excluding hydrogens is 244 g/mol. The van der Waals surface area contributed by atoms with E-state index < -0.39 is 0 Å². The van der Waals surface area contributed by atoms with E-state index in [2.05, 4.69) is 26.3 Å². The summed E-state index contributed by atoms with van der Waals surface area (Å²) in [6.07, 6.45) is 12.4. The minimum Gasteiger partial charge on any atom is -0.300 e. The molecule has 112 valence electrons. The third-order valence-electron chi connectivity index (χ3n) is 6.04. The molecule has 0 saturated heterocycles. The molecule has 4 atom stereocenters. The second kappa shape index (κ2) is 5.76. The number of terminal acetylenes is 1. The summed E-state index contributed by atoms with van der Waals surface area (Å²) >= 11 is 0. The van der Waals surface area contributed by atoms with Gasteiger partial charge in [0.1, 0.15) is 5.78 Å². The second-order valence-electron chi connectivity index (χ2n) is 6.97. The maximum Gasteiger partial charge on any atom is 0.132 e. The number of ketones is 1. The van der Waals surface area contributed by atoms with Crippen molar-refractivity contribution in [2.24, 2.45) is 22.7 Å². The van der Waals surface area contributed by atoms with Gasteiger partial charge in [-0.05, 0) is 51.4 Å². The number of allylic oxidation sites excluding steroid dienone is 1. The smallest absolute Gasteiger partial charge is 0.132 e. The first-order valence-electron chi connectivity index (χ1n) is 7.50. The number of hydrogen-bond acceptors (Lipinski definition) is 1. The van der Waals surface area contributed by atoms with Crippen molar-refractivity contribution in [3.63, 3.8) is 0 Å². The van der Waals surface area contributed by atoms with E-state index in [4.69, 9.17) is 6.42 Å². The second-order valence-corrected chi connectivity index (χ2v) is 6.97. The summed E-state index contributed by atoms with van der Waals surface area (Å²) in [5.74, 6) is 3.80. The van der Waals surface area contributed by atoms with E-state index in [0.29, 0.717) is 5.78 Å². The highest BCUT2D eigenvalue weighted by molar-refractivity contribution is 5.78. The van der Waals surface area contributed by atoms with Crippen LogP contribution in [0.3, 0.4) is 0 Å². The summed E-state index contributed by atoms with van der Waals surface area (Å²) in [5, 5.41) is 0. The van der Waals surface area contributed by atoms with Gasteiger partial charge in [-0.15, -0.1) is 12.3 Å². The van der Waals surface area contributed by atoms with Gasteiger partial charge in [-0.25, -0.2) is 0 Å². The van der Waals surface area contributed by atoms with Crippen molar-refractivity contribution in [1.29, 1.82) is 0 Å². The Bertz CT molecular complexity index is 441. The monoisotopic (exact) mass is 274 g/mol. The molecule has 0 aromatic rings. The molecule has 0 radical (unpaired) electrons. The molecule has 0 aromatic heterocycles. The Morgan fingerprint density at radius 2 is 1.95 bits per heavy atom. The van der Waals surface area contributed by atoms with Crippen molar-refractivity contribution >= 4 is 5.78 Å². The molecule has 1 nitrogen and oxygen atoms in total. The van der Waals surface area contributed by atoms with Crippen LogP contribution >= 0.6 is 0 Å². The average Bonchev–Trinajstić information content (AvgIpc) is 2.36. The fourth-order valence-electron chi connectivity index (χ4n) is 4.87. The summed E-state index contributed by atoms with van der Waals surface area (Å²) in [6.45, 7) is 10.5. The van der Waals surface area contributed by atoms with Crippen molar-refractivity contribution in [2.75, 3.05) is 0 Å². The van der Waals surface area contributed by atoms with Crippen molar-refractivity contribution in [1.82, 2.24) is 0 Å². The zero-order valence-corrected chi connectivity index (χ0v) is 12.6. The molecule has 2 aliphatic rings. The summed E-state index contributed by atoms with van der Waals surface area (Å²) in [7, 11) is 0. The lowest BCUT2D eigenvalue weighted by molar-refractivity contribution is -0.128. The quantitative estimate of drug-likeness (QED) is 0.511. The van der Waals surface area contributed by atoms with Crippen LogP contribution in [-0.2, 0) is 4.79 Å². The summed E-state index contributed by atoms with van der Waals surface area (Å²) < 4.78 is 0. The first-order chi connectivity index (χ1) is 8.87. The van der Waals surface area contributed by atoms with Crippen molar-refractivity contribution in [3.05, 3.63) is 12.2 Å². The molecule has 20 heavy (non-hydrogen) atoms. The van der Waals surface area contributed by atoms with Gasteiger partial charge < -0.3 is 0 Å². The topological polar surface area (TPSA) is 17.1 Å². The van der Waals surface area contributed by atoms with Crippen LogP contribution in [-0.4, -0.2) is 5.78 Å². The van der Waals surface area contributed by atoms with Gasteiger partial charge in [0, 0.05) is 17.3 Å². The van der Waals surface area contributed by atoms with Gasteiger partial charge in [-0.3, -0.25) is 4.79 Å². The lowest BCUT2D eigenvalue weighted by Crippen LogP contribution is -2.53. The lowest BCUT2D eigenvalue weighted by Gasteiger charge is -2.60. The Morgan fingerprint density at radius 3 is 2.45 bits per heavy atom. The van der Waals surface area contributed by atoms with Crippen molar-refractivity contribution < 1.29 is 4.79 Å². The average molecular weight is 274 g/mol. The molecule has 1 heteroatoms. The van der Waals surface area contributed by atoms with Crippen LogP contribution in [0.25, 0.3) is 0 Å². The molecule has 2 rings (SSSR count). The third kappa shape index (κ3) is 2.24. The van der Waals surface area contributed by atoms with E-state index in [9.17, 15) is 4.79 Å². The fraction of sp³-hybridized carbons (Fsp3) is 0.737. The highest BCUT2D eigenvalue weighted by Gasteiger charge is 2.57. The lowest BCUT2D eigenvalue weighted by atomic mass is 9.43. The molecule has 0 N–H and O–H groups in total. The Kier molecular flexibility index (Phi) is 4.90. The van der Waals surface area contributed by atoms with Crippen molar-refractivity contribution in [3.8, 4) is 12.3 Å². The molecule has 0 bridgehead atoms. The van der Waals surface area contributed by atoms with Crippen LogP contribution in [0.15, 0.2) is 12.2 Å². The molecule has 0 aromatic carbocycles. The van der Waals surface area contributed by atoms with Crippen LogP contribution in [0.1, 0.15) is 66.7 Å². The van der Waals surface area contributed by atoms with E-state index >= 15 is 0 Å². The number of fused-ring (bicyclic) bond motifs is 1. The molecule has 0 heterocycles. The zero-order valence-electron chi connectivity index (χ0n) is 12.6. The molecule has 0 unspecified atom stereocenters. The van der Waals surface area contributed by atoms with E-state index in [1.54, 1.807) is 6.92 Å². The minimum atomic E-state index is -0.0193. The van der Waals surface area contributed by atoms with Gasteiger partial charge in [0.15, 0.2) is 0 Å². The standard InChI is InChI=1S/C18H26O.CH4/c1-6-16-8-7-10-17(5)11-9-15(14(4)19)12-18(16,17)13(2)3;/h1,15-16H,2,7-12H2,3-5H3;1H4/t15-,16-,17-,18-;/m1./s1. The molecular formula is C19H30O. The third-order valence-corrected chi connectivity index (χ3v) is 6.04. The van der Waals surface area contributed by atoms with Crippen LogP contribution in [0, 0.1) is 35.0 Å². The fourth-order valence-corrected chi connectivity index (χ4v) is 4.87. The zero-order chi connectivity index (χ0) is 14.3. The predicted octanol–water partition coefficient (Wildman–Crippen LogP) is 5.01. The van der Waals surface area contributed by atoms with E-state index in [0.717, 1.165) is 25.7 Å². The van der Waals surface area contributed by atoms with E-state index in [-0.39, 0.29) is 30.1 Å². The molecule has 0 aliphatic heterocycles. The van der Waals surface area contributed by atoms with Gasteiger partial charge in [0.05, 0.1) is 0 Å². The number of hydrogen-bond donors (Lipinski definition) is 0. The largest absolute Gasteiger partial charge is 0.300 e. The number of carbonyl (C=O) groups is 1. The maximum absolute atomic E-state index is 11.9. The Hall–Kier alpha value is -1.03. The Labute approximate surface area is 125 Å². The normalized spacial score (nSPS) is 39.9. The Morgan fingerprint density at radius 1 is 1.30 bits per heavy atom. The van der Waals surface area contributed by atoms with Crippen LogP contribution in [0.5, 0.6) is 0 Å². The highest BCUT2D eigenvalue weighted by Crippen LogP contribution is 2.65. The predicted molar refractivity (Wildman–Crippen MR) is 86.3 cm³/mol. The highest BCUT2D eigenvalue weighted by atomic mass is 16.1. The van der Waals surface area contributed by atoms with E-state index in [1.165, 1.54) is 18.4 Å². The Balaban J connectivity index is 0.00000200. The summed E-state index contributed by atoms with van der Waals surface area (Å²) in [5.41, 5.74) is 1.41. The van der Waals surface area contributed by atoms with Gasteiger partial charge in [0.2, 0.25) is 0 Å². The van der Waals surface area contributed by atoms with E-state index in [1.807, 2.05) is 0 Å². The first kappa shape index (κ1) is 17.0. The molecule has 2 saturated carbocycles. The minimum absolute atomic E-state index is 0.